The van der Waals surface area contributed by atoms with E-state index in [0.29, 0.717) is 18.9 Å². The number of rotatable bonds is 8. The van der Waals surface area contributed by atoms with Crippen molar-refractivity contribution in [2.45, 2.75) is 45.3 Å². The van der Waals surface area contributed by atoms with Gasteiger partial charge < -0.3 is 15.2 Å². The Morgan fingerprint density at radius 3 is 2.94 bits per heavy atom. The molecule has 2 heterocycles. The van der Waals surface area contributed by atoms with Crippen LogP contribution in [0.5, 0.6) is 5.75 Å². The highest BCUT2D eigenvalue weighted by Crippen LogP contribution is 2.34. The lowest BCUT2D eigenvalue weighted by Crippen LogP contribution is -2.34. The van der Waals surface area contributed by atoms with Crippen molar-refractivity contribution >= 4 is 5.91 Å². The number of carbonyl (C=O) groups excluding carboxylic acids is 1. The number of aromatic nitrogens is 3. The van der Waals surface area contributed by atoms with E-state index in [-0.39, 0.29) is 12.1 Å². The Kier molecular flexibility index (Phi) is 7.03. The number of ether oxygens (including phenoxy) is 1. The zero-order chi connectivity index (χ0) is 23.4. The van der Waals surface area contributed by atoms with Crippen molar-refractivity contribution in [3.8, 4) is 5.75 Å². The van der Waals surface area contributed by atoms with Gasteiger partial charge in [0.25, 0.3) is 5.91 Å². The number of aliphatic hydroxyl groups excluding tert-OH is 1. The third-order valence-corrected chi connectivity index (χ3v) is 6.35. The maximum Gasteiger partial charge on any atom is 0.251 e. The SMILES string of the molecule is Cc1c(OCc2ccnn2C)ccc2c1CCC(C[C@@H](O)CNC(=O)c1ccnc(F)c1)C2. The van der Waals surface area contributed by atoms with E-state index in [0.717, 1.165) is 36.8 Å². The fraction of sp³-hybridized carbons (Fsp3) is 0.400. The first-order valence-corrected chi connectivity index (χ1v) is 11.2. The maximum absolute atomic E-state index is 13.2. The Morgan fingerprint density at radius 2 is 2.18 bits per heavy atom. The van der Waals surface area contributed by atoms with Gasteiger partial charge in [0.1, 0.15) is 12.4 Å². The molecular weight excluding hydrogens is 423 g/mol. The Balaban J connectivity index is 1.30. The molecule has 1 aliphatic rings. The molecule has 0 aliphatic heterocycles. The number of carbonyl (C=O) groups is 1. The minimum atomic E-state index is -0.704. The van der Waals surface area contributed by atoms with Crippen molar-refractivity contribution in [2.75, 3.05) is 6.54 Å². The first kappa shape index (κ1) is 22.9. The molecule has 1 unspecified atom stereocenters. The quantitative estimate of drug-likeness (QED) is 0.513. The third-order valence-electron chi connectivity index (χ3n) is 6.35. The molecular formula is C25H29FN4O3. The minimum absolute atomic E-state index is 0.131. The van der Waals surface area contributed by atoms with E-state index >= 15 is 0 Å². The molecule has 2 N–H and O–H groups in total. The molecule has 0 spiro atoms. The number of nitrogens with zero attached hydrogens (tertiary/aromatic N) is 3. The predicted molar refractivity (Wildman–Crippen MR) is 121 cm³/mol. The second-order valence-electron chi connectivity index (χ2n) is 8.64. The van der Waals surface area contributed by atoms with Crippen LogP contribution >= 0.6 is 0 Å². The molecule has 8 heteroatoms. The minimum Gasteiger partial charge on any atom is -0.487 e. The number of hydrogen-bond donors (Lipinski definition) is 2. The number of pyridine rings is 1. The summed E-state index contributed by atoms with van der Waals surface area (Å²) < 4.78 is 21.0. The van der Waals surface area contributed by atoms with Gasteiger partial charge in [-0.2, -0.15) is 9.49 Å². The molecule has 2 atom stereocenters. The summed E-state index contributed by atoms with van der Waals surface area (Å²) in [5.74, 6) is 0.107. The van der Waals surface area contributed by atoms with Gasteiger partial charge in [0.2, 0.25) is 5.95 Å². The molecule has 174 valence electrons. The van der Waals surface area contributed by atoms with Crippen molar-refractivity contribution < 1.29 is 19.0 Å². The van der Waals surface area contributed by atoms with Crippen LogP contribution in [0.1, 0.15) is 45.6 Å². The fourth-order valence-corrected chi connectivity index (χ4v) is 4.47. The van der Waals surface area contributed by atoms with Gasteiger partial charge in [0.05, 0.1) is 11.8 Å². The summed E-state index contributed by atoms with van der Waals surface area (Å²) in [4.78, 5) is 15.6. The molecule has 0 bridgehead atoms. The number of aliphatic hydroxyl groups is 1. The highest BCUT2D eigenvalue weighted by molar-refractivity contribution is 5.94. The highest BCUT2D eigenvalue weighted by atomic mass is 19.1. The van der Waals surface area contributed by atoms with Crippen molar-refractivity contribution in [3.63, 3.8) is 0 Å². The number of fused-ring (bicyclic) bond motifs is 1. The topological polar surface area (TPSA) is 89.3 Å². The molecule has 1 aliphatic carbocycles. The second kappa shape index (κ2) is 10.1. The van der Waals surface area contributed by atoms with Crippen LogP contribution in [-0.4, -0.2) is 38.4 Å². The normalized spacial score (nSPS) is 16.2. The van der Waals surface area contributed by atoms with Gasteiger partial charge >= 0.3 is 0 Å². The number of aryl methyl sites for hydroxylation is 1. The van der Waals surface area contributed by atoms with Crippen molar-refractivity contribution in [1.29, 1.82) is 0 Å². The van der Waals surface area contributed by atoms with Gasteiger partial charge in [-0.25, -0.2) is 4.98 Å². The van der Waals surface area contributed by atoms with E-state index in [4.69, 9.17) is 4.74 Å². The summed E-state index contributed by atoms with van der Waals surface area (Å²) in [6.07, 6.45) is 5.74. The van der Waals surface area contributed by atoms with E-state index in [9.17, 15) is 14.3 Å². The van der Waals surface area contributed by atoms with Gasteiger partial charge in [0, 0.05) is 37.6 Å². The molecule has 2 aromatic heterocycles. The number of nitrogens with one attached hydrogen (secondary N) is 1. The van der Waals surface area contributed by atoms with E-state index in [2.05, 4.69) is 28.4 Å². The Morgan fingerprint density at radius 1 is 1.33 bits per heavy atom. The summed E-state index contributed by atoms with van der Waals surface area (Å²) in [6.45, 7) is 2.71. The first-order chi connectivity index (χ1) is 15.9. The van der Waals surface area contributed by atoms with Gasteiger partial charge in [-0.1, -0.05) is 6.07 Å². The number of benzene rings is 1. The Bertz CT molecular complexity index is 1130. The molecule has 0 radical (unpaired) electrons. The summed E-state index contributed by atoms with van der Waals surface area (Å²) in [5, 5.41) is 17.3. The zero-order valence-corrected chi connectivity index (χ0v) is 18.9. The van der Waals surface area contributed by atoms with Gasteiger partial charge in [0.15, 0.2) is 0 Å². The largest absolute Gasteiger partial charge is 0.487 e. The lowest BCUT2D eigenvalue weighted by molar-refractivity contribution is 0.0891. The van der Waals surface area contributed by atoms with E-state index in [1.54, 1.807) is 10.9 Å². The first-order valence-electron chi connectivity index (χ1n) is 11.2. The molecule has 1 amide bonds. The number of hydrogen-bond acceptors (Lipinski definition) is 5. The van der Waals surface area contributed by atoms with Crippen LogP contribution in [0.15, 0.2) is 42.7 Å². The third kappa shape index (κ3) is 5.57. The van der Waals surface area contributed by atoms with Crippen LogP contribution in [0.3, 0.4) is 0 Å². The van der Waals surface area contributed by atoms with Crippen molar-refractivity contribution in [2.24, 2.45) is 13.0 Å². The van der Waals surface area contributed by atoms with Crippen LogP contribution in [0.2, 0.25) is 0 Å². The average Bonchev–Trinajstić information content (AvgIpc) is 3.21. The molecule has 0 saturated carbocycles. The molecule has 3 aromatic rings. The van der Waals surface area contributed by atoms with Crippen LogP contribution in [0.4, 0.5) is 4.39 Å². The molecule has 7 nitrogen and oxygen atoms in total. The van der Waals surface area contributed by atoms with Crippen LogP contribution in [0.25, 0.3) is 0 Å². The standard InChI is InChI=1S/C25H29FN4O3/c1-16-22-5-3-17(12-21(31)14-28-25(32)19-7-9-27-24(26)13-19)11-18(22)4-6-23(16)33-15-20-8-10-29-30(20)2/h4,6-10,13,17,21,31H,3,5,11-12,14-15H2,1-2H3,(H,28,32)/t17?,21-/m1/s1. The van der Waals surface area contributed by atoms with Gasteiger partial charge in [-0.15, -0.1) is 0 Å². The highest BCUT2D eigenvalue weighted by Gasteiger charge is 2.24. The smallest absolute Gasteiger partial charge is 0.251 e. The van der Waals surface area contributed by atoms with E-state index in [1.807, 2.05) is 19.2 Å². The molecule has 33 heavy (non-hydrogen) atoms. The average molecular weight is 453 g/mol. The van der Waals surface area contributed by atoms with Crippen molar-refractivity contribution in [3.05, 3.63) is 76.6 Å². The fourth-order valence-electron chi connectivity index (χ4n) is 4.47. The summed E-state index contributed by atoms with van der Waals surface area (Å²) >= 11 is 0. The number of halogens is 1. The molecule has 4 rings (SSSR count). The lowest BCUT2D eigenvalue weighted by Gasteiger charge is -2.28. The van der Waals surface area contributed by atoms with Crippen LogP contribution in [-0.2, 0) is 26.5 Å². The second-order valence-corrected chi connectivity index (χ2v) is 8.64. The Hall–Kier alpha value is -3.26. The van der Waals surface area contributed by atoms with Gasteiger partial charge in [-0.3, -0.25) is 9.48 Å². The maximum atomic E-state index is 13.2. The summed E-state index contributed by atoms with van der Waals surface area (Å²) in [5.41, 5.74) is 5.00. The summed E-state index contributed by atoms with van der Waals surface area (Å²) in [7, 11) is 1.90. The van der Waals surface area contributed by atoms with Gasteiger partial charge in [-0.05, 0) is 73.4 Å². The predicted octanol–water partition coefficient (Wildman–Crippen LogP) is 3.13. The monoisotopic (exact) mass is 452 g/mol. The molecule has 0 fully saturated rings. The number of amides is 1. The lowest BCUT2D eigenvalue weighted by atomic mass is 9.79. The van der Waals surface area contributed by atoms with Crippen molar-refractivity contribution in [1.82, 2.24) is 20.1 Å². The van der Waals surface area contributed by atoms with Crippen LogP contribution in [0, 0.1) is 18.8 Å². The molecule has 0 saturated heterocycles. The van der Waals surface area contributed by atoms with E-state index < -0.39 is 18.0 Å². The molecule has 1 aromatic carbocycles. The van der Waals surface area contributed by atoms with Crippen LogP contribution < -0.4 is 10.1 Å². The summed E-state index contributed by atoms with van der Waals surface area (Å²) in [6, 6.07) is 8.62. The zero-order valence-electron chi connectivity index (χ0n) is 18.9. The van der Waals surface area contributed by atoms with E-state index in [1.165, 1.54) is 29.0 Å². The Labute approximate surface area is 192 Å².